The Labute approximate surface area is 148 Å². The van der Waals surface area contributed by atoms with E-state index in [0.29, 0.717) is 27.0 Å². The van der Waals surface area contributed by atoms with Gasteiger partial charge in [0.25, 0.3) is 0 Å². The van der Waals surface area contributed by atoms with Crippen molar-refractivity contribution in [3.63, 3.8) is 0 Å². The quantitative estimate of drug-likeness (QED) is 0.431. The number of thiocarbonyl (C=S) groups is 1. The van der Waals surface area contributed by atoms with E-state index in [1.165, 1.54) is 13.3 Å². The monoisotopic (exact) mass is 369 g/mol. The number of nitrogens with zero attached hydrogens (tertiary/aromatic N) is 1. The molecule has 8 heteroatoms. The summed E-state index contributed by atoms with van der Waals surface area (Å²) in [6.45, 7) is 0. The Morgan fingerprint density at radius 3 is 2.78 bits per heavy atom. The molecule has 0 amide bonds. The molecule has 0 spiro atoms. The average molecular weight is 370 g/mol. The van der Waals surface area contributed by atoms with E-state index in [1.54, 1.807) is 36.4 Å². The number of ether oxygens (including phenoxy) is 1. The molecule has 120 valence electrons. The van der Waals surface area contributed by atoms with Gasteiger partial charge in [0.2, 0.25) is 0 Å². The van der Waals surface area contributed by atoms with Gasteiger partial charge in [-0.25, -0.2) is 0 Å². The van der Waals surface area contributed by atoms with Crippen molar-refractivity contribution in [2.24, 2.45) is 5.10 Å². The molecule has 0 heterocycles. The third-order valence-electron chi connectivity index (χ3n) is 2.80. The van der Waals surface area contributed by atoms with Gasteiger partial charge >= 0.3 is 0 Å². The summed E-state index contributed by atoms with van der Waals surface area (Å²) in [5.74, 6) is 0.364. The molecule has 2 rings (SSSR count). The van der Waals surface area contributed by atoms with E-state index in [1.807, 2.05) is 0 Å². The first-order valence-corrected chi connectivity index (χ1v) is 7.58. The first-order chi connectivity index (χ1) is 11.0. The fourth-order valence-electron chi connectivity index (χ4n) is 1.71. The van der Waals surface area contributed by atoms with Gasteiger partial charge in [-0.1, -0.05) is 29.3 Å². The van der Waals surface area contributed by atoms with Gasteiger partial charge in [-0.2, -0.15) is 5.10 Å². The zero-order valence-corrected chi connectivity index (χ0v) is 14.3. The molecule has 0 aromatic heterocycles. The Hall–Kier alpha value is -2.02. The summed E-state index contributed by atoms with van der Waals surface area (Å²) >= 11 is 17.0. The molecule has 0 aliphatic heterocycles. The maximum atomic E-state index is 9.93. The smallest absolute Gasteiger partial charge is 0.191 e. The van der Waals surface area contributed by atoms with Gasteiger partial charge in [0.15, 0.2) is 16.6 Å². The molecule has 0 aliphatic rings. The minimum absolute atomic E-state index is 0.000160. The molecule has 2 aromatic rings. The summed E-state index contributed by atoms with van der Waals surface area (Å²) < 4.78 is 5.02. The van der Waals surface area contributed by atoms with Crippen LogP contribution >= 0.6 is 35.4 Å². The van der Waals surface area contributed by atoms with Crippen molar-refractivity contribution in [2.45, 2.75) is 0 Å². The van der Waals surface area contributed by atoms with E-state index in [9.17, 15) is 5.11 Å². The van der Waals surface area contributed by atoms with Gasteiger partial charge in [0.1, 0.15) is 0 Å². The van der Waals surface area contributed by atoms with Crippen molar-refractivity contribution in [2.75, 3.05) is 12.4 Å². The van der Waals surface area contributed by atoms with Gasteiger partial charge < -0.3 is 15.2 Å². The number of phenolic OH excluding ortho intramolecular Hbond substituents is 1. The molecule has 0 fully saturated rings. The number of hydrazone groups is 1. The van der Waals surface area contributed by atoms with Crippen LogP contribution in [0.3, 0.4) is 0 Å². The summed E-state index contributed by atoms with van der Waals surface area (Å²) in [5, 5.41) is 18.0. The maximum absolute atomic E-state index is 9.93. The minimum Gasteiger partial charge on any atom is -0.504 e. The first-order valence-electron chi connectivity index (χ1n) is 6.42. The predicted molar refractivity (Wildman–Crippen MR) is 98.1 cm³/mol. The van der Waals surface area contributed by atoms with E-state index in [0.717, 1.165) is 0 Å². The molecule has 0 radical (unpaired) electrons. The third kappa shape index (κ3) is 4.72. The molecule has 0 unspecified atom stereocenters. The van der Waals surface area contributed by atoms with Crippen molar-refractivity contribution >= 4 is 52.4 Å². The average Bonchev–Trinajstić information content (AvgIpc) is 2.52. The highest BCUT2D eigenvalue weighted by atomic mass is 35.5. The number of nitrogens with one attached hydrogen (secondary N) is 2. The molecule has 0 bridgehead atoms. The number of hydrogen-bond donors (Lipinski definition) is 3. The van der Waals surface area contributed by atoms with Crippen molar-refractivity contribution in [1.82, 2.24) is 5.43 Å². The lowest BCUT2D eigenvalue weighted by Gasteiger charge is -2.09. The van der Waals surface area contributed by atoms with Crippen molar-refractivity contribution in [3.8, 4) is 11.5 Å². The molecule has 23 heavy (non-hydrogen) atoms. The SMILES string of the molecule is COc1cccc(C=NNC(=S)Nc2ccc(Cl)cc2Cl)c1O. The number of benzene rings is 2. The van der Waals surface area contributed by atoms with Crippen LogP contribution in [-0.2, 0) is 0 Å². The Kier molecular flexibility index (Phi) is 6.04. The fourth-order valence-corrected chi connectivity index (χ4v) is 2.33. The second-order valence-electron chi connectivity index (χ2n) is 4.35. The first kappa shape index (κ1) is 17.3. The molecular formula is C15H13Cl2N3O2S. The van der Waals surface area contributed by atoms with Gasteiger partial charge in [0, 0.05) is 10.6 Å². The van der Waals surface area contributed by atoms with Crippen LogP contribution in [0.1, 0.15) is 5.56 Å². The van der Waals surface area contributed by atoms with Crippen LogP contribution in [0, 0.1) is 0 Å². The second kappa shape index (κ2) is 8.01. The number of aromatic hydroxyl groups is 1. The molecule has 2 aromatic carbocycles. The highest BCUT2D eigenvalue weighted by Gasteiger charge is 2.05. The molecule has 0 aliphatic carbocycles. The van der Waals surface area contributed by atoms with Crippen LogP contribution in [0.2, 0.25) is 10.0 Å². The van der Waals surface area contributed by atoms with E-state index in [4.69, 9.17) is 40.2 Å². The number of hydrogen-bond acceptors (Lipinski definition) is 4. The number of methoxy groups -OCH3 is 1. The molecule has 0 atom stereocenters. The van der Waals surface area contributed by atoms with Crippen molar-refractivity contribution < 1.29 is 9.84 Å². The second-order valence-corrected chi connectivity index (χ2v) is 5.60. The third-order valence-corrected chi connectivity index (χ3v) is 3.54. The van der Waals surface area contributed by atoms with Crippen molar-refractivity contribution in [1.29, 1.82) is 0 Å². The summed E-state index contributed by atoms with van der Waals surface area (Å²) in [6, 6.07) is 10.1. The van der Waals surface area contributed by atoms with Gasteiger partial charge in [0.05, 0.1) is 24.0 Å². The Morgan fingerprint density at radius 2 is 2.09 bits per heavy atom. The van der Waals surface area contributed by atoms with Gasteiger partial charge in [-0.15, -0.1) is 0 Å². The minimum atomic E-state index is 0.000160. The van der Waals surface area contributed by atoms with Crippen LogP contribution in [0.25, 0.3) is 0 Å². The van der Waals surface area contributed by atoms with E-state index in [2.05, 4.69) is 15.8 Å². The molecular weight excluding hydrogens is 357 g/mol. The summed E-state index contributed by atoms with van der Waals surface area (Å²) in [6.07, 6.45) is 1.43. The summed E-state index contributed by atoms with van der Waals surface area (Å²) in [7, 11) is 1.48. The van der Waals surface area contributed by atoms with Crippen LogP contribution in [0.5, 0.6) is 11.5 Å². The van der Waals surface area contributed by atoms with Crippen molar-refractivity contribution in [3.05, 3.63) is 52.0 Å². The number of phenols is 1. The van der Waals surface area contributed by atoms with Crippen LogP contribution < -0.4 is 15.5 Å². The lowest BCUT2D eigenvalue weighted by atomic mass is 10.2. The highest BCUT2D eigenvalue weighted by Crippen LogP contribution is 2.28. The van der Waals surface area contributed by atoms with E-state index >= 15 is 0 Å². The molecule has 0 saturated carbocycles. The zero-order chi connectivity index (χ0) is 16.8. The van der Waals surface area contributed by atoms with Crippen LogP contribution in [0.4, 0.5) is 5.69 Å². The van der Waals surface area contributed by atoms with E-state index < -0.39 is 0 Å². The number of rotatable bonds is 4. The van der Waals surface area contributed by atoms with E-state index in [-0.39, 0.29) is 10.9 Å². The standard InChI is InChI=1S/C15H13Cl2N3O2S/c1-22-13-4-2-3-9(14(13)21)8-18-20-15(23)19-12-6-5-10(16)7-11(12)17/h2-8,21H,1H3,(H2,19,20,23). The largest absolute Gasteiger partial charge is 0.504 e. The fraction of sp³-hybridized carbons (Fsp3) is 0.0667. The summed E-state index contributed by atoms with van der Waals surface area (Å²) in [5.41, 5.74) is 3.73. The number of halogens is 2. The maximum Gasteiger partial charge on any atom is 0.191 e. The van der Waals surface area contributed by atoms with Gasteiger partial charge in [-0.05, 0) is 42.5 Å². The molecule has 5 nitrogen and oxygen atoms in total. The zero-order valence-electron chi connectivity index (χ0n) is 12.0. The topological polar surface area (TPSA) is 65.9 Å². The Morgan fingerprint density at radius 1 is 1.30 bits per heavy atom. The number of anilines is 1. The lowest BCUT2D eigenvalue weighted by Crippen LogP contribution is -2.24. The number of para-hydroxylation sites is 1. The Bertz CT molecular complexity index is 753. The van der Waals surface area contributed by atoms with Crippen LogP contribution in [0.15, 0.2) is 41.5 Å². The predicted octanol–water partition coefficient (Wildman–Crippen LogP) is 4.03. The lowest BCUT2D eigenvalue weighted by molar-refractivity contribution is 0.373. The highest BCUT2D eigenvalue weighted by molar-refractivity contribution is 7.80. The molecule has 0 saturated heterocycles. The normalized spacial score (nSPS) is 10.6. The summed E-state index contributed by atoms with van der Waals surface area (Å²) in [4.78, 5) is 0. The van der Waals surface area contributed by atoms with Gasteiger partial charge in [-0.3, -0.25) is 5.43 Å². The Balaban J connectivity index is 1.99. The molecule has 3 N–H and O–H groups in total. The van der Waals surface area contributed by atoms with Crippen LogP contribution in [-0.4, -0.2) is 23.5 Å².